The van der Waals surface area contributed by atoms with Gasteiger partial charge in [-0.25, -0.2) is 9.59 Å². The Morgan fingerprint density at radius 2 is 1.89 bits per heavy atom. The molecule has 0 aliphatic carbocycles. The second kappa shape index (κ2) is 14.0. The molecule has 1 rings (SSSR count). The summed E-state index contributed by atoms with van der Waals surface area (Å²) in [7, 11) is 1.24. The fraction of sp³-hybridized carbons (Fsp3) is 0.500. The number of carbonyl (C=O) groups is 3. The molecule has 8 heteroatoms. The lowest BCUT2D eigenvalue weighted by atomic mass is 10.1. The summed E-state index contributed by atoms with van der Waals surface area (Å²) < 4.78 is 9.72. The standard InChI is InChI=1S/C20H27N3O5/c1-27-19(25)17(11-8-13-21)23-18(24)12-6-3-7-14-22-20(26)28-15-16-9-4-2-5-10-16/h2,4-5,9-10,17H,3,6-8,11-12,14-15H2,1H3,(H,22,26)(H,23,24)/t17-/m0/s1. The molecule has 8 nitrogen and oxygen atoms in total. The largest absolute Gasteiger partial charge is 0.467 e. The van der Waals surface area contributed by atoms with Crippen molar-refractivity contribution in [3.05, 3.63) is 35.9 Å². The molecule has 1 aromatic carbocycles. The van der Waals surface area contributed by atoms with Gasteiger partial charge >= 0.3 is 12.1 Å². The van der Waals surface area contributed by atoms with E-state index in [2.05, 4.69) is 15.4 Å². The van der Waals surface area contributed by atoms with Gasteiger partial charge in [-0.05, 0) is 24.8 Å². The first kappa shape index (κ1) is 23.0. The molecule has 2 N–H and O–H groups in total. The number of rotatable bonds is 12. The summed E-state index contributed by atoms with van der Waals surface area (Å²) in [6.45, 7) is 0.683. The number of benzene rings is 1. The molecular formula is C20H27N3O5. The van der Waals surface area contributed by atoms with Gasteiger partial charge in [-0.15, -0.1) is 0 Å². The van der Waals surface area contributed by atoms with Crippen molar-refractivity contribution >= 4 is 18.0 Å². The van der Waals surface area contributed by atoms with E-state index in [1.54, 1.807) is 0 Å². The third kappa shape index (κ3) is 10.2. The molecule has 1 aromatic rings. The van der Waals surface area contributed by atoms with Gasteiger partial charge in [-0.2, -0.15) is 5.26 Å². The molecule has 1 atom stereocenters. The van der Waals surface area contributed by atoms with Gasteiger partial charge in [-0.3, -0.25) is 4.79 Å². The maximum Gasteiger partial charge on any atom is 0.407 e. The number of nitriles is 1. The van der Waals surface area contributed by atoms with Crippen LogP contribution in [-0.4, -0.2) is 37.7 Å². The summed E-state index contributed by atoms with van der Waals surface area (Å²) >= 11 is 0. The van der Waals surface area contributed by atoms with Crippen LogP contribution in [0.4, 0.5) is 4.79 Å². The van der Waals surface area contributed by atoms with Gasteiger partial charge in [0.15, 0.2) is 0 Å². The normalized spacial score (nSPS) is 11.0. The number of alkyl carbamates (subject to hydrolysis) is 1. The Labute approximate surface area is 165 Å². The third-order valence-corrected chi connectivity index (χ3v) is 3.93. The molecule has 152 valence electrons. The smallest absolute Gasteiger partial charge is 0.407 e. The number of nitrogens with one attached hydrogen (secondary N) is 2. The lowest BCUT2D eigenvalue weighted by molar-refractivity contribution is -0.145. The Balaban J connectivity index is 2.10. The van der Waals surface area contributed by atoms with Crippen molar-refractivity contribution in [1.29, 1.82) is 5.26 Å². The highest BCUT2D eigenvalue weighted by Crippen LogP contribution is 2.04. The summed E-state index contributed by atoms with van der Waals surface area (Å²) in [4.78, 5) is 35.1. The highest BCUT2D eigenvalue weighted by Gasteiger charge is 2.20. The Hall–Kier alpha value is -3.08. The van der Waals surface area contributed by atoms with Crippen LogP contribution in [0, 0.1) is 11.3 Å². The third-order valence-electron chi connectivity index (χ3n) is 3.93. The number of hydrogen-bond acceptors (Lipinski definition) is 6. The van der Waals surface area contributed by atoms with E-state index in [-0.39, 0.29) is 31.8 Å². The number of nitrogens with zero attached hydrogens (tertiary/aromatic N) is 1. The van der Waals surface area contributed by atoms with Crippen LogP contribution < -0.4 is 10.6 Å². The molecule has 0 saturated heterocycles. The fourth-order valence-electron chi connectivity index (χ4n) is 2.42. The van der Waals surface area contributed by atoms with Gasteiger partial charge in [0.1, 0.15) is 12.6 Å². The van der Waals surface area contributed by atoms with Crippen LogP contribution in [0.5, 0.6) is 0 Å². The van der Waals surface area contributed by atoms with E-state index in [0.717, 1.165) is 12.0 Å². The van der Waals surface area contributed by atoms with Gasteiger partial charge in [0.2, 0.25) is 5.91 Å². The summed E-state index contributed by atoms with van der Waals surface area (Å²) in [5, 5.41) is 13.9. The highest BCUT2D eigenvalue weighted by atomic mass is 16.5. The van der Waals surface area contributed by atoms with Crippen molar-refractivity contribution in [2.75, 3.05) is 13.7 Å². The minimum Gasteiger partial charge on any atom is -0.467 e. The first-order chi connectivity index (χ1) is 13.6. The van der Waals surface area contributed by atoms with Crippen molar-refractivity contribution in [1.82, 2.24) is 10.6 Å². The Morgan fingerprint density at radius 3 is 2.57 bits per heavy atom. The minimum atomic E-state index is -0.793. The number of ether oxygens (including phenoxy) is 2. The Kier molecular flexibility index (Phi) is 11.5. The van der Waals surface area contributed by atoms with Crippen LogP contribution >= 0.6 is 0 Å². The van der Waals surface area contributed by atoms with E-state index in [0.29, 0.717) is 19.4 Å². The summed E-state index contributed by atoms with van der Waals surface area (Å²) in [6, 6.07) is 10.6. The molecule has 0 aromatic heterocycles. The van der Waals surface area contributed by atoms with E-state index in [4.69, 9.17) is 10.00 Å². The number of esters is 1. The van der Waals surface area contributed by atoms with Gasteiger partial charge in [0.25, 0.3) is 0 Å². The summed E-state index contributed by atoms with van der Waals surface area (Å²) in [5.41, 5.74) is 0.920. The molecule has 28 heavy (non-hydrogen) atoms. The molecule has 0 aliphatic rings. The minimum absolute atomic E-state index is 0.159. The SMILES string of the molecule is COC(=O)[C@H](CCC#N)NC(=O)CCCCCNC(=O)OCc1ccccc1. The Morgan fingerprint density at radius 1 is 1.14 bits per heavy atom. The van der Waals surface area contributed by atoms with E-state index in [1.165, 1.54) is 7.11 Å². The van der Waals surface area contributed by atoms with Gasteiger partial charge in [-0.1, -0.05) is 36.8 Å². The fourth-order valence-corrected chi connectivity index (χ4v) is 2.42. The lowest BCUT2D eigenvalue weighted by Crippen LogP contribution is -2.41. The number of unbranched alkanes of at least 4 members (excludes halogenated alkanes) is 2. The van der Waals surface area contributed by atoms with Crippen LogP contribution in [0.1, 0.15) is 44.1 Å². The van der Waals surface area contributed by atoms with Crippen LogP contribution in [0.2, 0.25) is 0 Å². The van der Waals surface area contributed by atoms with Crippen LogP contribution in [0.15, 0.2) is 30.3 Å². The molecule has 0 saturated carbocycles. The van der Waals surface area contributed by atoms with Crippen molar-refractivity contribution in [3.63, 3.8) is 0 Å². The van der Waals surface area contributed by atoms with Gasteiger partial charge in [0.05, 0.1) is 13.2 Å². The molecular weight excluding hydrogens is 362 g/mol. The van der Waals surface area contributed by atoms with Gasteiger partial charge in [0, 0.05) is 19.4 Å². The molecule has 0 heterocycles. The molecule has 0 unspecified atom stereocenters. The summed E-state index contributed by atoms with van der Waals surface area (Å²) in [6.07, 6.45) is 2.25. The molecule has 0 radical (unpaired) electrons. The monoisotopic (exact) mass is 389 g/mol. The zero-order valence-corrected chi connectivity index (χ0v) is 16.1. The second-order valence-electron chi connectivity index (χ2n) is 6.14. The zero-order chi connectivity index (χ0) is 20.6. The number of amides is 2. The number of hydrogen-bond donors (Lipinski definition) is 2. The van der Waals surface area contributed by atoms with Crippen LogP contribution in [-0.2, 0) is 25.7 Å². The topological polar surface area (TPSA) is 118 Å². The van der Waals surface area contributed by atoms with E-state index in [1.807, 2.05) is 36.4 Å². The molecule has 0 spiro atoms. The Bertz CT molecular complexity index is 658. The van der Waals surface area contributed by atoms with E-state index >= 15 is 0 Å². The van der Waals surface area contributed by atoms with Crippen LogP contribution in [0.3, 0.4) is 0 Å². The molecule has 0 bridgehead atoms. The van der Waals surface area contributed by atoms with E-state index < -0.39 is 18.1 Å². The average Bonchev–Trinajstić information content (AvgIpc) is 2.72. The van der Waals surface area contributed by atoms with Crippen LogP contribution in [0.25, 0.3) is 0 Å². The lowest BCUT2D eigenvalue weighted by Gasteiger charge is -2.15. The first-order valence-electron chi connectivity index (χ1n) is 9.25. The molecule has 0 aliphatic heterocycles. The zero-order valence-electron chi connectivity index (χ0n) is 16.1. The quantitative estimate of drug-likeness (QED) is 0.419. The first-order valence-corrected chi connectivity index (χ1v) is 9.25. The summed E-state index contributed by atoms with van der Waals surface area (Å²) in [5.74, 6) is -0.814. The second-order valence-corrected chi connectivity index (χ2v) is 6.14. The maximum absolute atomic E-state index is 11.9. The predicted molar refractivity (Wildman–Crippen MR) is 102 cm³/mol. The van der Waals surface area contributed by atoms with Crippen molar-refractivity contribution in [3.8, 4) is 6.07 Å². The van der Waals surface area contributed by atoms with Crippen molar-refractivity contribution in [2.24, 2.45) is 0 Å². The molecule has 2 amide bonds. The predicted octanol–water partition coefficient (Wildman–Crippen LogP) is 2.43. The van der Waals surface area contributed by atoms with Gasteiger partial charge < -0.3 is 20.1 Å². The maximum atomic E-state index is 11.9. The average molecular weight is 389 g/mol. The van der Waals surface area contributed by atoms with E-state index in [9.17, 15) is 14.4 Å². The van der Waals surface area contributed by atoms with Crippen molar-refractivity contribution < 1.29 is 23.9 Å². The number of methoxy groups -OCH3 is 1. The highest BCUT2D eigenvalue weighted by molar-refractivity contribution is 5.84. The number of carbonyl (C=O) groups excluding carboxylic acids is 3. The molecule has 0 fully saturated rings. The van der Waals surface area contributed by atoms with Crippen molar-refractivity contribution in [2.45, 2.75) is 51.2 Å².